The number of aliphatic hydroxyl groups excluding tert-OH is 1. The summed E-state index contributed by atoms with van der Waals surface area (Å²) in [6.07, 6.45) is 3.60. The highest BCUT2D eigenvalue weighted by molar-refractivity contribution is 6.33. The molecule has 2 aromatic rings. The Kier molecular flexibility index (Phi) is 4.51. The maximum absolute atomic E-state index is 10.9. The minimum atomic E-state index is -1.13. The van der Waals surface area contributed by atoms with Crippen molar-refractivity contribution in [1.29, 1.82) is 0 Å². The Morgan fingerprint density at radius 2 is 2.20 bits per heavy atom. The molecule has 0 aliphatic heterocycles. The molecule has 0 saturated carbocycles. The number of rotatable bonds is 6. The highest BCUT2D eigenvalue weighted by Crippen LogP contribution is 2.25. The van der Waals surface area contributed by atoms with Crippen LogP contribution in [0.2, 0.25) is 5.15 Å². The topological polar surface area (TPSA) is 107 Å². The molecule has 2 aromatic heterocycles. The summed E-state index contributed by atoms with van der Waals surface area (Å²) < 4.78 is 1.89. The zero-order valence-corrected chi connectivity index (χ0v) is 11.8. The van der Waals surface area contributed by atoms with Gasteiger partial charge < -0.3 is 15.4 Å². The predicted octanol–water partition coefficient (Wildman–Crippen LogP) is 1.06. The van der Waals surface area contributed by atoms with Crippen LogP contribution in [0.5, 0.6) is 0 Å². The van der Waals surface area contributed by atoms with Gasteiger partial charge in [0.1, 0.15) is 17.9 Å². The monoisotopic (exact) mass is 297 g/mol. The van der Waals surface area contributed by atoms with E-state index in [9.17, 15) is 9.90 Å². The van der Waals surface area contributed by atoms with Crippen molar-refractivity contribution in [3.05, 3.63) is 17.8 Å². The first-order valence-electron chi connectivity index (χ1n) is 6.35. The predicted molar refractivity (Wildman–Crippen MR) is 74.1 cm³/mol. The average molecular weight is 298 g/mol. The number of aromatic nitrogens is 4. The van der Waals surface area contributed by atoms with Crippen molar-refractivity contribution >= 4 is 28.7 Å². The standard InChI is InChI=1S/C12H16ClN5O2/c1-2-7(3-4-8(19)11(14)20)18-6-17-9-10(13)15-5-16-12(9)18/h5-8,19H,2-4H2,1H3,(H2,14,20)/t7?,8-/m0/s1. The summed E-state index contributed by atoms with van der Waals surface area (Å²) in [5.41, 5.74) is 6.24. The number of hydrogen-bond acceptors (Lipinski definition) is 5. The summed E-state index contributed by atoms with van der Waals surface area (Å²) in [6, 6.07) is 0.0555. The van der Waals surface area contributed by atoms with E-state index in [-0.39, 0.29) is 6.04 Å². The van der Waals surface area contributed by atoms with Crippen molar-refractivity contribution in [3.8, 4) is 0 Å². The van der Waals surface area contributed by atoms with Gasteiger partial charge in [-0.2, -0.15) is 0 Å². The van der Waals surface area contributed by atoms with Crippen LogP contribution >= 0.6 is 11.6 Å². The highest BCUT2D eigenvalue weighted by atomic mass is 35.5. The van der Waals surface area contributed by atoms with Gasteiger partial charge in [-0.05, 0) is 19.3 Å². The third-order valence-corrected chi connectivity index (χ3v) is 3.56. The van der Waals surface area contributed by atoms with E-state index in [4.69, 9.17) is 17.3 Å². The van der Waals surface area contributed by atoms with Crippen LogP contribution in [0.15, 0.2) is 12.7 Å². The molecule has 2 atom stereocenters. The number of amides is 1. The maximum atomic E-state index is 10.9. The number of fused-ring (bicyclic) bond motifs is 1. The van der Waals surface area contributed by atoms with E-state index in [0.29, 0.717) is 29.2 Å². The van der Waals surface area contributed by atoms with E-state index in [2.05, 4.69) is 15.0 Å². The molecule has 0 bridgehead atoms. The van der Waals surface area contributed by atoms with Gasteiger partial charge in [-0.15, -0.1) is 0 Å². The Bertz CT molecular complexity index is 615. The molecule has 8 heteroatoms. The lowest BCUT2D eigenvalue weighted by atomic mass is 10.1. The molecule has 0 aromatic carbocycles. The largest absolute Gasteiger partial charge is 0.383 e. The van der Waals surface area contributed by atoms with Gasteiger partial charge in [0.15, 0.2) is 10.8 Å². The molecule has 0 radical (unpaired) electrons. The van der Waals surface area contributed by atoms with Crippen LogP contribution < -0.4 is 5.73 Å². The number of aliphatic hydroxyl groups is 1. The van der Waals surface area contributed by atoms with E-state index in [1.165, 1.54) is 6.33 Å². The normalized spacial score (nSPS) is 14.3. The zero-order valence-electron chi connectivity index (χ0n) is 11.0. The molecule has 3 N–H and O–H groups in total. The van der Waals surface area contributed by atoms with Crippen molar-refractivity contribution < 1.29 is 9.90 Å². The van der Waals surface area contributed by atoms with E-state index in [0.717, 1.165) is 6.42 Å². The van der Waals surface area contributed by atoms with Crippen LogP contribution in [0.4, 0.5) is 0 Å². The van der Waals surface area contributed by atoms with E-state index < -0.39 is 12.0 Å². The molecule has 20 heavy (non-hydrogen) atoms. The number of halogens is 1. The Morgan fingerprint density at radius 1 is 1.45 bits per heavy atom. The Morgan fingerprint density at radius 3 is 2.85 bits per heavy atom. The van der Waals surface area contributed by atoms with Crippen molar-refractivity contribution in [3.63, 3.8) is 0 Å². The van der Waals surface area contributed by atoms with Crippen LogP contribution in [0.1, 0.15) is 32.2 Å². The van der Waals surface area contributed by atoms with Crippen LogP contribution in [0.3, 0.4) is 0 Å². The van der Waals surface area contributed by atoms with Crippen molar-refractivity contribution in [1.82, 2.24) is 19.5 Å². The quantitative estimate of drug-likeness (QED) is 0.775. The van der Waals surface area contributed by atoms with Crippen molar-refractivity contribution in [2.24, 2.45) is 5.73 Å². The number of imidazole rings is 1. The molecule has 2 rings (SSSR count). The molecule has 0 fully saturated rings. The van der Waals surface area contributed by atoms with Crippen LogP contribution in [0, 0.1) is 0 Å². The summed E-state index contributed by atoms with van der Waals surface area (Å²) in [6.45, 7) is 2.01. The minimum Gasteiger partial charge on any atom is -0.383 e. The van der Waals surface area contributed by atoms with Gasteiger partial charge in [0, 0.05) is 6.04 Å². The summed E-state index contributed by atoms with van der Waals surface area (Å²) >= 11 is 5.96. The fourth-order valence-corrected chi connectivity index (χ4v) is 2.30. The van der Waals surface area contributed by atoms with Crippen molar-refractivity contribution in [2.75, 3.05) is 0 Å². The fourth-order valence-electron chi connectivity index (χ4n) is 2.12. The number of carbonyl (C=O) groups is 1. The molecular formula is C12H16ClN5O2. The molecule has 0 spiro atoms. The number of hydrogen-bond donors (Lipinski definition) is 2. The first-order chi connectivity index (χ1) is 9.54. The second kappa shape index (κ2) is 6.15. The first-order valence-corrected chi connectivity index (χ1v) is 6.72. The average Bonchev–Trinajstić information content (AvgIpc) is 2.85. The van der Waals surface area contributed by atoms with Crippen LogP contribution in [0.25, 0.3) is 11.2 Å². The number of primary amides is 1. The second-order valence-electron chi connectivity index (χ2n) is 4.55. The minimum absolute atomic E-state index is 0.0555. The fraction of sp³-hybridized carbons (Fsp3) is 0.500. The van der Waals surface area contributed by atoms with Gasteiger partial charge in [0.2, 0.25) is 5.91 Å². The lowest BCUT2D eigenvalue weighted by Gasteiger charge is -2.18. The smallest absolute Gasteiger partial charge is 0.246 e. The number of nitrogens with two attached hydrogens (primary N) is 1. The summed E-state index contributed by atoms with van der Waals surface area (Å²) in [5.74, 6) is -0.708. The summed E-state index contributed by atoms with van der Waals surface area (Å²) in [5, 5.41) is 9.79. The molecule has 0 aliphatic carbocycles. The highest BCUT2D eigenvalue weighted by Gasteiger charge is 2.18. The molecule has 0 aliphatic rings. The van der Waals surface area contributed by atoms with Gasteiger partial charge in [-0.1, -0.05) is 18.5 Å². The van der Waals surface area contributed by atoms with Gasteiger partial charge in [0.25, 0.3) is 0 Å². The molecule has 1 amide bonds. The molecule has 7 nitrogen and oxygen atoms in total. The molecule has 1 unspecified atom stereocenters. The molecule has 0 saturated heterocycles. The number of carbonyl (C=O) groups excluding carboxylic acids is 1. The van der Waals surface area contributed by atoms with Crippen molar-refractivity contribution in [2.45, 2.75) is 38.3 Å². The molecule has 108 valence electrons. The first kappa shape index (κ1) is 14.7. The Labute approximate surface area is 120 Å². The van der Waals surface area contributed by atoms with E-state index in [1.807, 2.05) is 11.5 Å². The van der Waals surface area contributed by atoms with Gasteiger partial charge in [-0.25, -0.2) is 15.0 Å². The second-order valence-corrected chi connectivity index (χ2v) is 4.90. The van der Waals surface area contributed by atoms with E-state index >= 15 is 0 Å². The lowest BCUT2D eigenvalue weighted by molar-refractivity contribution is -0.126. The van der Waals surface area contributed by atoms with Crippen LogP contribution in [-0.4, -0.2) is 36.6 Å². The Hall–Kier alpha value is -1.73. The number of nitrogens with zero attached hydrogens (tertiary/aromatic N) is 4. The van der Waals surface area contributed by atoms with Gasteiger partial charge in [0.05, 0.1) is 6.33 Å². The SMILES string of the molecule is CCC(CC[C@H](O)C(N)=O)n1cnc2c(Cl)ncnc21. The summed E-state index contributed by atoms with van der Waals surface area (Å²) in [7, 11) is 0. The third-order valence-electron chi connectivity index (χ3n) is 3.28. The van der Waals surface area contributed by atoms with E-state index in [1.54, 1.807) is 6.33 Å². The lowest BCUT2D eigenvalue weighted by Crippen LogP contribution is -2.28. The van der Waals surface area contributed by atoms with Gasteiger partial charge >= 0.3 is 0 Å². The molecule has 2 heterocycles. The summed E-state index contributed by atoms with van der Waals surface area (Å²) in [4.78, 5) is 23.1. The molecular weight excluding hydrogens is 282 g/mol. The third kappa shape index (κ3) is 2.88. The zero-order chi connectivity index (χ0) is 14.7. The Balaban J connectivity index is 2.22. The van der Waals surface area contributed by atoms with Gasteiger partial charge in [-0.3, -0.25) is 4.79 Å². The van der Waals surface area contributed by atoms with Crippen LogP contribution in [-0.2, 0) is 4.79 Å². The maximum Gasteiger partial charge on any atom is 0.246 e.